The number of pyridine rings is 1. The lowest BCUT2D eigenvalue weighted by molar-refractivity contribution is 1.18. The normalized spacial score (nSPS) is 10.7. The Morgan fingerprint density at radius 2 is 2.06 bits per heavy atom. The summed E-state index contributed by atoms with van der Waals surface area (Å²) in [6.07, 6.45) is 5.46. The van der Waals surface area contributed by atoms with E-state index in [2.05, 4.69) is 15.3 Å². The summed E-state index contributed by atoms with van der Waals surface area (Å²) in [6.45, 7) is 0.762. The lowest BCUT2D eigenvalue weighted by Gasteiger charge is -2.10. The van der Waals surface area contributed by atoms with Crippen LogP contribution < -0.4 is 11.1 Å². The lowest BCUT2D eigenvalue weighted by atomic mass is 10.1. The van der Waals surface area contributed by atoms with Crippen molar-refractivity contribution >= 4 is 33.5 Å². The molecule has 5 heteroatoms. The number of rotatable bonds is 3. The van der Waals surface area contributed by atoms with Crippen molar-refractivity contribution in [3.05, 3.63) is 47.2 Å². The minimum Gasteiger partial charge on any atom is -0.398 e. The van der Waals surface area contributed by atoms with Gasteiger partial charge in [-0.05, 0) is 18.2 Å². The molecule has 1 aromatic carbocycles. The SMILES string of the molecule is Nc1ccc(NCc2cncs2)c2cnccc12. The molecule has 4 nitrogen and oxygen atoms in total. The van der Waals surface area contributed by atoms with Gasteiger partial charge in [0.25, 0.3) is 0 Å². The average molecular weight is 256 g/mol. The van der Waals surface area contributed by atoms with Crippen LogP contribution in [0.3, 0.4) is 0 Å². The fraction of sp³-hybridized carbons (Fsp3) is 0.0769. The molecule has 2 aromatic heterocycles. The van der Waals surface area contributed by atoms with E-state index >= 15 is 0 Å². The number of nitrogens with zero attached hydrogens (tertiary/aromatic N) is 2. The number of anilines is 2. The number of nitrogen functional groups attached to an aromatic ring is 1. The van der Waals surface area contributed by atoms with E-state index in [0.717, 1.165) is 28.7 Å². The van der Waals surface area contributed by atoms with Crippen LogP contribution in [0.5, 0.6) is 0 Å². The maximum atomic E-state index is 5.95. The van der Waals surface area contributed by atoms with Crippen molar-refractivity contribution in [3.8, 4) is 0 Å². The Labute approximate surface area is 109 Å². The molecule has 0 bridgehead atoms. The number of hydrogen-bond donors (Lipinski definition) is 2. The van der Waals surface area contributed by atoms with E-state index in [9.17, 15) is 0 Å². The van der Waals surface area contributed by atoms with Crippen LogP contribution in [0.1, 0.15) is 4.88 Å². The van der Waals surface area contributed by atoms with Gasteiger partial charge in [-0.25, -0.2) is 0 Å². The third-order valence-electron chi connectivity index (χ3n) is 2.79. The highest BCUT2D eigenvalue weighted by atomic mass is 32.1. The van der Waals surface area contributed by atoms with Gasteiger partial charge in [-0.2, -0.15) is 0 Å². The maximum Gasteiger partial charge on any atom is 0.0794 e. The van der Waals surface area contributed by atoms with Gasteiger partial charge in [-0.3, -0.25) is 9.97 Å². The van der Waals surface area contributed by atoms with Crippen LogP contribution in [0.25, 0.3) is 10.8 Å². The van der Waals surface area contributed by atoms with Gasteiger partial charge >= 0.3 is 0 Å². The van der Waals surface area contributed by atoms with Crippen molar-refractivity contribution in [3.63, 3.8) is 0 Å². The number of hydrogen-bond acceptors (Lipinski definition) is 5. The van der Waals surface area contributed by atoms with E-state index in [4.69, 9.17) is 5.73 Å². The molecule has 18 heavy (non-hydrogen) atoms. The number of nitrogens with one attached hydrogen (secondary N) is 1. The largest absolute Gasteiger partial charge is 0.398 e. The molecule has 0 atom stereocenters. The van der Waals surface area contributed by atoms with Gasteiger partial charge in [0.2, 0.25) is 0 Å². The Kier molecular flexibility index (Phi) is 2.82. The first-order valence-electron chi connectivity index (χ1n) is 5.58. The molecule has 90 valence electrons. The van der Waals surface area contributed by atoms with E-state index in [-0.39, 0.29) is 0 Å². The Bertz CT molecular complexity index is 664. The number of benzene rings is 1. The Morgan fingerprint density at radius 1 is 1.11 bits per heavy atom. The van der Waals surface area contributed by atoms with E-state index in [1.807, 2.05) is 36.1 Å². The smallest absolute Gasteiger partial charge is 0.0794 e. The minimum absolute atomic E-state index is 0.762. The first-order chi connectivity index (χ1) is 8.84. The average Bonchev–Trinajstić information content (AvgIpc) is 2.92. The van der Waals surface area contributed by atoms with Crippen LogP contribution in [-0.4, -0.2) is 9.97 Å². The molecule has 0 unspecified atom stereocenters. The van der Waals surface area contributed by atoms with Crippen LogP contribution >= 0.6 is 11.3 Å². The molecule has 0 radical (unpaired) electrons. The van der Waals surface area contributed by atoms with Crippen molar-refractivity contribution in [2.45, 2.75) is 6.54 Å². The van der Waals surface area contributed by atoms with Gasteiger partial charge in [0.15, 0.2) is 0 Å². The molecule has 0 amide bonds. The van der Waals surface area contributed by atoms with Crippen LogP contribution in [-0.2, 0) is 6.54 Å². The topological polar surface area (TPSA) is 63.8 Å². The molecule has 3 N–H and O–H groups in total. The zero-order valence-corrected chi connectivity index (χ0v) is 10.4. The van der Waals surface area contributed by atoms with Crippen LogP contribution in [0.2, 0.25) is 0 Å². The standard InChI is InChI=1S/C13H12N4S/c14-12-1-2-13(11-7-15-4-3-10(11)12)17-6-9-5-16-8-18-9/h1-5,7-8,17H,6,14H2. The van der Waals surface area contributed by atoms with Crippen molar-refractivity contribution in [1.82, 2.24) is 9.97 Å². The van der Waals surface area contributed by atoms with Crippen LogP contribution in [0, 0.1) is 0 Å². The van der Waals surface area contributed by atoms with Crippen molar-refractivity contribution in [2.24, 2.45) is 0 Å². The fourth-order valence-corrected chi connectivity index (χ4v) is 2.41. The lowest BCUT2D eigenvalue weighted by Crippen LogP contribution is -1.99. The van der Waals surface area contributed by atoms with Gasteiger partial charge in [-0.1, -0.05) is 0 Å². The highest BCUT2D eigenvalue weighted by Crippen LogP contribution is 2.27. The van der Waals surface area contributed by atoms with Crippen molar-refractivity contribution in [2.75, 3.05) is 11.1 Å². The third kappa shape index (κ3) is 2.00. The summed E-state index contributed by atoms with van der Waals surface area (Å²) in [7, 11) is 0. The van der Waals surface area contributed by atoms with Gasteiger partial charge in [0.1, 0.15) is 0 Å². The summed E-state index contributed by atoms with van der Waals surface area (Å²) in [5.74, 6) is 0. The van der Waals surface area contributed by atoms with Gasteiger partial charge in [0.05, 0.1) is 12.1 Å². The molecular formula is C13H12N4S. The first kappa shape index (κ1) is 11.0. The van der Waals surface area contributed by atoms with Gasteiger partial charge in [-0.15, -0.1) is 11.3 Å². The Balaban J connectivity index is 1.94. The molecule has 0 aliphatic carbocycles. The summed E-state index contributed by atoms with van der Waals surface area (Å²) in [5.41, 5.74) is 9.60. The first-order valence-corrected chi connectivity index (χ1v) is 6.46. The second kappa shape index (κ2) is 4.62. The van der Waals surface area contributed by atoms with E-state index in [1.54, 1.807) is 17.5 Å². The second-order valence-corrected chi connectivity index (χ2v) is 4.92. The summed E-state index contributed by atoms with van der Waals surface area (Å²) in [5, 5.41) is 5.46. The molecule has 0 aliphatic heterocycles. The second-order valence-electron chi connectivity index (χ2n) is 3.94. The fourth-order valence-electron chi connectivity index (χ4n) is 1.88. The summed E-state index contributed by atoms with van der Waals surface area (Å²) >= 11 is 1.64. The molecule has 3 aromatic rings. The highest BCUT2D eigenvalue weighted by molar-refractivity contribution is 7.09. The molecule has 0 saturated carbocycles. The molecule has 0 spiro atoms. The minimum atomic E-state index is 0.762. The van der Waals surface area contributed by atoms with Crippen LogP contribution in [0.4, 0.5) is 11.4 Å². The maximum absolute atomic E-state index is 5.95. The summed E-state index contributed by atoms with van der Waals surface area (Å²) < 4.78 is 0. The van der Waals surface area contributed by atoms with E-state index in [0.29, 0.717) is 0 Å². The summed E-state index contributed by atoms with van der Waals surface area (Å²) in [6, 6.07) is 5.83. The number of aromatic nitrogens is 2. The predicted octanol–water partition coefficient (Wildman–Crippen LogP) is 2.89. The number of nitrogens with two attached hydrogens (primary N) is 1. The molecule has 0 saturated heterocycles. The van der Waals surface area contributed by atoms with Gasteiger partial charge < -0.3 is 11.1 Å². The van der Waals surface area contributed by atoms with Gasteiger partial charge in [0, 0.05) is 45.6 Å². The zero-order valence-electron chi connectivity index (χ0n) is 9.63. The monoisotopic (exact) mass is 256 g/mol. The molecule has 2 heterocycles. The molecular weight excluding hydrogens is 244 g/mol. The predicted molar refractivity (Wildman–Crippen MR) is 75.6 cm³/mol. The Morgan fingerprint density at radius 3 is 2.89 bits per heavy atom. The van der Waals surface area contributed by atoms with E-state index < -0.39 is 0 Å². The quantitative estimate of drug-likeness (QED) is 0.707. The third-order valence-corrected chi connectivity index (χ3v) is 3.57. The Hall–Kier alpha value is -2.14. The number of thiazole rings is 1. The molecule has 3 rings (SSSR count). The van der Waals surface area contributed by atoms with E-state index in [1.165, 1.54) is 4.88 Å². The van der Waals surface area contributed by atoms with Crippen molar-refractivity contribution < 1.29 is 0 Å². The highest BCUT2D eigenvalue weighted by Gasteiger charge is 2.04. The van der Waals surface area contributed by atoms with Crippen molar-refractivity contribution in [1.29, 1.82) is 0 Å². The molecule has 0 fully saturated rings. The zero-order chi connectivity index (χ0) is 12.4. The number of fused-ring (bicyclic) bond motifs is 1. The summed E-state index contributed by atoms with van der Waals surface area (Å²) in [4.78, 5) is 9.41. The van der Waals surface area contributed by atoms with Crippen LogP contribution in [0.15, 0.2) is 42.3 Å². The molecule has 0 aliphatic rings.